The molecular weight excluding hydrogens is 362 g/mol. The fraction of sp³-hybridized carbons (Fsp3) is 0.120. The van der Waals surface area contributed by atoms with E-state index >= 15 is 0 Å². The van der Waals surface area contributed by atoms with Gasteiger partial charge >= 0.3 is 5.97 Å². The van der Waals surface area contributed by atoms with E-state index in [0.717, 1.165) is 16.7 Å². The van der Waals surface area contributed by atoms with Crippen LogP contribution in [0.1, 0.15) is 28.4 Å². The first-order valence-electron chi connectivity index (χ1n) is 9.39. The number of esters is 1. The SMILES string of the molecule is Cc1cc(C)cc(NC(=O)[C@H](OC(=O)/C=C/c2ccccc2)c2ccccc2)c1. The van der Waals surface area contributed by atoms with Gasteiger partial charge in [-0.25, -0.2) is 4.79 Å². The summed E-state index contributed by atoms with van der Waals surface area (Å²) in [6.07, 6.45) is 1.94. The second kappa shape index (κ2) is 9.51. The molecule has 0 aromatic heterocycles. The summed E-state index contributed by atoms with van der Waals surface area (Å²) in [5.74, 6) is -0.985. The van der Waals surface area contributed by atoms with E-state index in [1.807, 2.05) is 68.4 Å². The molecule has 0 unspecified atom stereocenters. The van der Waals surface area contributed by atoms with Crippen molar-refractivity contribution in [2.24, 2.45) is 0 Å². The first-order valence-corrected chi connectivity index (χ1v) is 9.39. The van der Waals surface area contributed by atoms with Gasteiger partial charge in [0.2, 0.25) is 6.10 Å². The van der Waals surface area contributed by atoms with E-state index in [1.54, 1.807) is 30.3 Å². The fourth-order valence-electron chi connectivity index (χ4n) is 3.04. The summed E-state index contributed by atoms with van der Waals surface area (Å²) in [6, 6.07) is 24.2. The molecule has 146 valence electrons. The lowest BCUT2D eigenvalue weighted by Crippen LogP contribution is -2.25. The van der Waals surface area contributed by atoms with Crippen molar-refractivity contribution < 1.29 is 14.3 Å². The minimum absolute atomic E-state index is 0.400. The normalized spacial score (nSPS) is 11.8. The van der Waals surface area contributed by atoms with E-state index in [9.17, 15) is 9.59 Å². The maximum absolute atomic E-state index is 12.9. The van der Waals surface area contributed by atoms with Crippen LogP contribution in [0.2, 0.25) is 0 Å². The maximum Gasteiger partial charge on any atom is 0.331 e. The minimum Gasteiger partial charge on any atom is -0.444 e. The predicted octanol–water partition coefficient (Wildman–Crippen LogP) is 5.24. The van der Waals surface area contributed by atoms with E-state index in [1.165, 1.54) is 6.08 Å². The topological polar surface area (TPSA) is 55.4 Å². The highest BCUT2D eigenvalue weighted by Crippen LogP contribution is 2.22. The Morgan fingerprint density at radius 3 is 2.07 bits per heavy atom. The molecule has 4 heteroatoms. The molecule has 1 amide bonds. The molecule has 3 rings (SSSR count). The van der Waals surface area contributed by atoms with E-state index in [4.69, 9.17) is 4.74 Å². The molecule has 3 aromatic carbocycles. The number of benzene rings is 3. The summed E-state index contributed by atoms with van der Waals surface area (Å²) in [7, 11) is 0. The molecule has 0 aliphatic carbocycles. The van der Waals surface area contributed by atoms with Gasteiger partial charge in [0.25, 0.3) is 5.91 Å². The van der Waals surface area contributed by atoms with E-state index in [0.29, 0.717) is 11.3 Å². The third-order valence-corrected chi connectivity index (χ3v) is 4.28. The molecule has 0 saturated carbocycles. The van der Waals surface area contributed by atoms with Crippen molar-refractivity contribution in [3.8, 4) is 0 Å². The van der Waals surface area contributed by atoms with Gasteiger partial charge in [-0.2, -0.15) is 0 Å². The molecule has 0 aliphatic rings. The van der Waals surface area contributed by atoms with Gasteiger partial charge in [0.1, 0.15) is 0 Å². The smallest absolute Gasteiger partial charge is 0.331 e. The van der Waals surface area contributed by atoms with E-state index in [2.05, 4.69) is 5.32 Å². The molecule has 4 nitrogen and oxygen atoms in total. The quantitative estimate of drug-likeness (QED) is 0.466. The lowest BCUT2D eigenvalue weighted by Gasteiger charge is -2.18. The van der Waals surface area contributed by atoms with Crippen molar-refractivity contribution in [1.29, 1.82) is 0 Å². The molecule has 0 spiro atoms. The lowest BCUT2D eigenvalue weighted by molar-refractivity contribution is -0.149. The van der Waals surface area contributed by atoms with Crippen LogP contribution in [0.15, 0.2) is 84.9 Å². The average molecular weight is 385 g/mol. The summed E-state index contributed by atoms with van der Waals surface area (Å²) < 4.78 is 5.51. The van der Waals surface area contributed by atoms with Crippen LogP contribution in [0.4, 0.5) is 5.69 Å². The molecule has 0 radical (unpaired) electrons. The number of nitrogens with one attached hydrogen (secondary N) is 1. The van der Waals surface area contributed by atoms with Gasteiger partial charge in [0.05, 0.1) is 0 Å². The Kier molecular flexibility index (Phi) is 6.59. The molecule has 0 bridgehead atoms. The number of hydrogen-bond acceptors (Lipinski definition) is 3. The summed E-state index contributed by atoms with van der Waals surface area (Å²) in [5.41, 5.74) is 4.24. The number of rotatable bonds is 6. The zero-order valence-electron chi connectivity index (χ0n) is 16.5. The number of carbonyl (C=O) groups excluding carboxylic acids is 2. The van der Waals surface area contributed by atoms with E-state index in [-0.39, 0.29) is 0 Å². The Labute approximate surface area is 170 Å². The van der Waals surface area contributed by atoms with Crippen LogP contribution in [0.3, 0.4) is 0 Å². The van der Waals surface area contributed by atoms with Gasteiger partial charge in [-0.1, -0.05) is 66.7 Å². The van der Waals surface area contributed by atoms with Crippen molar-refractivity contribution in [1.82, 2.24) is 0 Å². The number of carbonyl (C=O) groups is 2. The molecule has 0 saturated heterocycles. The number of aryl methyl sites for hydroxylation is 2. The molecular formula is C25H23NO3. The van der Waals surface area contributed by atoms with Crippen molar-refractivity contribution in [2.75, 3.05) is 5.32 Å². The number of anilines is 1. The number of ether oxygens (including phenoxy) is 1. The number of amides is 1. The molecule has 1 atom stereocenters. The minimum atomic E-state index is -1.05. The van der Waals surface area contributed by atoms with Crippen molar-refractivity contribution in [3.05, 3.63) is 107 Å². The second-order valence-corrected chi connectivity index (χ2v) is 6.84. The van der Waals surface area contributed by atoms with Gasteiger partial charge in [-0.3, -0.25) is 4.79 Å². The first kappa shape index (κ1) is 20.1. The predicted molar refractivity (Wildman–Crippen MR) is 115 cm³/mol. The monoisotopic (exact) mass is 385 g/mol. The van der Waals surface area contributed by atoms with Crippen LogP contribution in [0, 0.1) is 13.8 Å². The summed E-state index contributed by atoms with van der Waals surface area (Å²) in [5, 5.41) is 2.86. The summed E-state index contributed by atoms with van der Waals surface area (Å²) >= 11 is 0. The van der Waals surface area contributed by atoms with Crippen LogP contribution >= 0.6 is 0 Å². The third kappa shape index (κ3) is 5.91. The van der Waals surface area contributed by atoms with Crippen LogP contribution in [0.25, 0.3) is 6.08 Å². The fourth-order valence-corrected chi connectivity index (χ4v) is 3.04. The van der Waals surface area contributed by atoms with Crippen LogP contribution in [-0.2, 0) is 14.3 Å². The second-order valence-electron chi connectivity index (χ2n) is 6.84. The molecule has 29 heavy (non-hydrogen) atoms. The first-order chi connectivity index (χ1) is 14.0. The Morgan fingerprint density at radius 1 is 0.862 bits per heavy atom. The third-order valence-electron chi connectivity index (χ3n) is 4.28. The van der Waals surface area contributed by atoms with Gasteiger partial charge in [0.15, 0.2) is 0 Å². The number of hydrogen-bond donors (Lipinski definition) is 1. The Balaban J connectivity index is 1.78. The molecule has 0 heterocycles. The van der Waals surface area contributed by atoms with Crippen molar-refractivity contribution in [3.63, 3.8) is 0 Å². The largest absolute Gasteiger partial charge is 0.444 e. The van der Waals surface area contributed by atoms with Gasteiger partial charge in [-0.05, 0) is 48.7 Å². The van der Waals surface area contributed by atoms with Gasteiger partial charge in [0, 0.05) is 17.3 Å². The highest BCUT2D eigenvalue weighted by molar-refractivity contribution is 5.97. The zero-order chi connectivity index (χ0) is 20.6. The molecule has 0 fully saturated rings. The zero-order valence-corrected chi connectivity index (χ0v) is 16.5. The molecule has 3 aromatic rings. The lowest BCUT2D eigenvalue weighted by atomic mass is 10.1. The van der Waals surface area contributed by atoms with Crippen LogP contribution in [0.5, 0.6) is 0 Å². The Morgan fingerprint density at radius 2 is 1.45 bits per heavy atom. The average Bonchev–Trinajstić information content (AvgIpc) is 2.71. The molecule has 1 N–H and O–H groups in total. The van der Waals surface area contributed by atoms with Crippen LogP contribution < -0.4 is 5.32 Å². The van der Waals surface area contributed by atoms with Crippen molar-refractivity contribution in [2.45, 2.75) is 20.0 Å². The highest BCUT2D eigenvalue weighted by atomic mass is 16.5. The summed E-state index contributed by atoms with van der Waals surface area (Å²) in [6.45, 7) is 3.93. The van der Waals surface area contributed by atoms with Crippen molar-refractivity contribution >= 4 is 23.6 Å². The van der Waals surface area contributed by atoms with Gasteiger partial charge < -0.3 is 10.1 Å². The summed E-state index contributed by atoms with van der Waals surface area (Å²) in [4.78, 5) is 25.3. The maximum atomic E-state index is 12.9. The molecule has 0 aliphatic heterocycles. The van der Waals surface area contributed by atoms with Gasteiger partial charge in [-0.15, -0.1) is 0 Å². The van der Waals surface area contributed by atoms with Crippen LogP contribution in [-0.4, -0.2) is 11.9 Å². The standard InChI is InChI=1S/C25H23NO3/c1-18-15-19(2)17-22(16-18)26-25(28)24(21-11-7-4-8-12-21)29-23(27)14-13-20-9-5-3-6-10-20/h3-17,24H,1-2H3,(H,26,28)/b14-13+/t24-/m1/s1. The highest BCUT2D eigenvalue weighted by Gasteiger charge is 2.24. The van der Waals surface area contributed by atoms with E-state index < -0.39 is 18.0 Å². The Bertz CT molecular complexity index is 991. The Hall–Kier alpha value is -3.66.